The van der Waals surface area contributed by atoms with E-state index in [-0.39, 0.29) is 51.2 Å². The van der Waals surface area contributed by atoms with Gasteiger partial charge in [-0.25, -0.2) is 38.6 Å². The third-order valence-corrected chi connectivity index (χ3v) is 14.2. The molecule has 71 heavy (non-hydrogen) atoms. The molecule has 6 unspecified atom stereocenters. The van der Waals surface area contributed by atoms with E-state index in [0.717, 1.165) is 48.7 Å². The van der Waals surface area contributed by atoms with Crippen molar-refractivity contribution in [1.82, 2.24) is 58.6 Å². The van der Waals surface area contributed by atoms with E-state index in [1.54, 1.807) is 0 Å². The highest BCUT2D eigenvalue weighted by Gasteiger charge is 2.54. The van der Waals surface area contributed by atoms with Crippen LogP contribution < -0.4 is 28.3 Å². The number of phosphoric acid groups is 3. The number of nitrogens with one attached hydrogen (secondary N) is 2. The van der Waals surface area contributed by atoms with Crippen LogP contribution in [0.5, 0.6) is 0 Å². The molecular weight excluding hydrogens is 1020 g/mol. The maximum Gasteiger partial charge on any atom is 0.472 e. The summed E-state index contributed by atoms with van der Waals surface area (Å²) < 4.78 is 97.6. The number of imidazole rings is 3. The summed E-state index contributed by atoms with van der Waals surface area (Å²) in [6.45, 7) is -2.89. The molecule has 15 atom stereocenters. The molecule has 3 aliphatic rings. The van der Waals surface area contributed by atoms with Crippen LogP contribution in [-0.2, 0) is 59.8 Å². The second-order valence-corrected chi connectivity index (χ2v) is 20.0. The fraction of sp³-hybridized carbons (Fsp3) is 0.531. The van der Waals surface area contributed by atoms with Crippen LogP contribution in [-0.4, -0.2) is 178 Å². The van der Waals surface area contributed by atoms with E-state index in [9.17, 15) is 53.3 Å². The van der Waals surface area contributed by atoms with Gasteiger partial charge in [-0.2, -0.15) is 9.97 Å². The first-order chi connectivity index (χ1) is 33.6. The Morgan fingerprint density at radius 2 is 1.06 bits per heavy atom. The number of aromatic nitrogens is 12. The number of nitrogens with zero attached hydrogens (tertiary/aromatic N) is 10. The lowest BCUT2D eigenvalue weighted by Crippen LogP contribution is -2.38. The van der Waals surface area contributed by atoms with Crippen molar-refractivity contribution in [2.45, 2.75) is 73.6 Å². The fourth-order valence-electron chi connectivity index (χ4n) is 7.99. The monoisotopic (exact) mass is 1070 g/mol. The van der Waals surface area contributed by atoms with Gasteiger partial charge in [0.05, 0.1) is 38.8 Å². The van der Waals surface area contributed by atoms with Crippen LogP contribution in [0, 0.1) is 0 Å². The summed E-state index contributed by atoms with van der Waals surface area (Å²) in [4.78, 5) is 89.8. The van der Waals surface area contributed by atoms with Crippen LogP contribution in [0.1, 0.15) is 18.7 Å². The second-order valence-electron chi connectivity index (χ2n) is 15.6. The number of aliphatic hydroxyl groups is 3. The van der Waals surface area contributed by atoms with Gasteiger partial charge < -0.3 is 66.1 Å². The number of aliphatic hydroxyl groups excluding tert-OH is 3. The van der Waals surface area contributed by atoms with Gasteiger partial charge in [0.15, 0.2) is 52.5 Å². The third-order valence-electron chi connectivity index (χ3n) is 11.3. The highest BCUT2D eigenvalue weighted by molar-refractivity contribution is 7.48. The molecule has 0 aliphatic carbocycles. The Morgan fingerprint density at radius 3 is 1.63 bits per heavy atom. The molecule has 3 aliphatic heterocycles. The van der Waals surface area contributed by atoms with Crippen molar-refractivity contribution < 1.29 is 89.8 Å². The Bertz CT molecular complexity index is 3230. The van der Waals surface area contributed by atoms with Crippen molar-refractivity contribution in [1.29, 1.82) is 0 Å². The molecule has 36 nitrogen and oxygen atoms in total. The lowest BCUT2D eigenvalue weighted by Gasteiger charge is -2.27. The number of nitrogens with two attached hydrogens (primary N) is 3. The Labute approximate surface area is 393 Å². The summed E-state index contributed by atoms with van der Waals surface area (Å²) in [5, 5.41) is 33.4. The number of hydrogen-bond donors (Lipinski definition) is 11. The minimum atomic E-state index is -5.47. The molecule has 9 heterocycles. The lowest BCUT2D eigenvalue weighted by atomic mass is 10.1. The number of phosphoric ester groups is 3. The van der Waals surface area contributed by atoms with E-state index in [0.29, 0.717) is 0 Å². The summed E-state index contributed by atoms with van der Waals surface area (Å²) in [6, 6.07) is 0. The number of hydrogen-bond acceptors (Lipinski definition) is 28. The maximum atomic E-state index is 13.9. The Morgan fingerprint density at radius 1 is 0.592 bits per heavy atom. The van der Waals surface area contributed by atoms with E-state index in [2.05, 4.69) is 49.4 Å². The van der Waals surface area contributed by atoms with E-state index < -0.39 is 128 Å². The highest BCUT2D eigenvalue weighted by atomic mass is 31.2. The molecule has 386 valence electrons. The number of fused-ring (bicyclic) bond motifs is 3. The van der Waals surface area contributed by atoms with Gasteiger partial charge in [0, 0.05) is 14.2 Å². The smallest absolute Gasteiger partial charge is 0.387 e. The van der Waals surface area contributed by atoms with Crippen LogP contribution in [0.2, 0.25) is 0 Å². The topological polar surface area (TPSA) is 514 Å². The van der Waals surface area contributed by atoms with Gasteiger partial charge >= 0.3 is 23.5 Å². The average molecular weight is 1070 g/mol. The summed E-state index contributed by atoms with van der Waals surface area (Å²) in [7, 11) is -13.6. The zero-order valence-corrected chi connectivity index (χ0v) is 38.9. The predicted molar refractivity (Wildman–Crippen MR) is 229 cm³/mol. The van der Waals surface area contributed by atoms with Crippen molar-refractivity contribution in [3.05, 3.63) is 46.0 Å². The minimum absolute atomic E-state index is 0.00109. The molecule has 6 aromatic heterocycles. The van der Waals surface area contributed by atoms with E-state index in [1.807, 2.05) is 0 Å². The van der Waals surface area contributed by atoms with Crippen LogP contribution in [0.25, 0.3) is 33.5 Å². The molecular formula is C32H42N15O21P3. The van der Waals surface area contributed by atoms with Gasteiger partial charge in [-0.15, -0.1) is 0 Å². The van der Waals surface area contributed by atoms with Crippen molar-refractivity contribution in [3.63, 3.8) is 0 Å². The number of methoxy groups -OCH3 is 1. The minimum Gasteiger partial charge on any atom is -0.387 e. The molecule has 0 bridgehead atoms. The molecule has 9 rings (SSSR count). The molecule has 3 fully saturated rings. The van der Waals surface area contributed by atoms with Crippen molar-refractivity contribution in [3.8, 4) is 0 Å². The van der Waals surface area contributed by atoms with Gasteiger partial charge in [-0.3, -0.25) is 60.4 Å². The Kier molecular flexibility index (Phi) is 13.7. The average Bonchev–Trinajstić information content (AvgIpc) is 4.17. The maximum absolute atomic E-state index is 13.9. The second kappa shape index (κ2) is 19.3. The third kappa shape index (κ3) is 9.85. The number of ether oxygens (including phenoxy) is 4. The van der Waals surface area contributed by atoms with E-state index in [4.69, 9.17) is 58.8 Å². The van der Waals surface area contributed by atoms with Crippen LogP contribution in [0.3, 0.4) is 0 Å². The zero-order valence-electron chi connectivity index (χ0n) is 36.2. The summed E-state index contributed by atoms with van der Waals surface area (Å²) in [5.74, 6) is -0.686. The van der Waals surface area contributed by atoms with Crippen molar-refractivity contribution >= 4 is 74.7 Å². The van der Waals surface area contributed by atoms with Crippen molar-refractivity contribution in [2.75, 3.05) is 51.2 Å². The molecule has 0 amide bonds. The Hall–Kier alpha value is -5.30. The Balaban J connectivity index is 0.943. The van der Waals surface area contributed by atoms with Gasteiger partial charge in [0.25, 0.3) is 11.1 Å². The van der Waals surface area contributed by atoms with Gasteiger partial charge in [0.2, 0.25) is 11.9 Å². The SMILES string of the molecule is CO[C@@H]1[C@H](OP(=O)(O)OC[C@H]2OC(n3cnc4c(N)ncnc43)[C@H](O)[C@@H]2OP(=O)(O)OC[C@H]2OC(n3cnc4c(=O)[nH]c(N)nc43)[C@H](O)[C@@H]2O)C(COP(=O)(O)OC)O[C@H]1n1cnc2c(=O)[nH]c(N)nc21. The van der Waals surface area contributed by atoms with Crippen LogP contribution >= 0.6 is 23.5 Å². The predicted octanol–water partition coefficient (Wildman–Crippen LogP) is -3.60. The first kappa shape index (κ1) is 50.6. The molecule has 3 saturated heterocycles. The number of anilines is 3. The number of nitrogen functional groups attached to an aromatic ring is 3. The normalized spacial score (nSPS) is 30.6. The lowest BCUT2D eigenvalue weighted by molar-refractivity contribution is -0.0619. The largest absolute Gasteiger partial charge is 0.472 e. The van der Waals surface area contributed by atoms with E-state index >= 15 is 0 Å². The zero-order chi connectivity index (χ0) is 50.9. The van der Waals surface area contributed by atoms with Gasteiger partial charge in [0.1, 0.15) is 66.8 Å². The van der Waals surface area contributed by atoms with E-state index in [1.165, 1.54) is 4.57 Å². The summed E-state index contributed by atoms with van der Waals surface area (Å²) >= 11 is 0. The quantitative estimate of drug-likeness (QED) is 0.0370. The number of aromatic amines is 2. The molecule has 6 aromatic rings. The fourth-order valence-corrected chi connectivity index (χ4v) is 10.4. The van der Waals surface area contributed by atoms with Crippen LogP contribution in [0.15, 0.2) is 34.9 Å². The molecule has 39 heteroatoms. The molecule has 0 radical (unpaired) electrons. The standard InChI is InChI=1S/C32H42N15O21P3/c1-59-21-20(12(5-61-69(53,54)60-2)66-30(21)47-9-40-15-25(47)42-32(35)44-27(15)52)68-71(57,58)63-4-11-19(18(50)29(65-11)45-7-38-13-22(33)36-6-37-23(13)45)67-70(55,56)62-3-10-16(48)17(49)28(64-10)46-8-39-14-24(46)41-31(34)43-26(14)51/h6-12,16-21,28-30,48-50H,3-5H2,1-2H3,(H,53,54)(H,55,56)(H,57,58)(H2,33,36,37)(H3,34,41,43,51)(H3,35,42,44,52)/t10-,11-,12?,16-,17-,18-,19-,20-,21-,28?,29?,30-/m1/s1. The van der Waals surface area contributed by atoms with Gasteiger partial charge in [-0.05, 0) is 0 Å². The molecule has 0 saturated carbocycles. The highest BCUT2D eigenvalue weighted by Crippen LogP contribution is 2.53. The van der Waals surface area contributed by atoms with Crippen molar-refractivity contribution in [2.24, 2.45) is 0 Å². The molecule has 14 N–H and O–H groups in total. The summed E-state index contributed by atoms with van der Waals surface area (Å²) in [6.07, 6.45) is -15.7. The number of H-pyrrole nitrogens is 2. The first-order valence-corrected chi connectivity index (χ1v) is 24.8. The molecule has 0 spiro atoms. The number of rotatable bonds is 18. The summed E-state index contributed by atoms with van der Waals surface area (Å²) in [5.41, 5.74) is 15.3. The molecule has 0 aromatic carbocycles. The van der Waals surface area contributed by atoms with Gasteiger partial charge in [-0.1, -0.05) is 0 Å². The van der Waals surface area contributed by atoms with Crippen LogP contribution in [0.4, 0.5) is 17.7 Å². The first-order valence-electron chi connectivity index (χ1n) is 20.3.